The molecule has 0 unspecified atom stereocenters. The van der Waals surface area contributed by atoms with Gasteiger partial charge in [-0.25, -0.2) is 0 Å². The number of hydrogen-bond donors (Lipinski definition) is 0. The lowest BCUT2D eigenvalue weighted by molar-refractivity contribution is 0.0633. The third-order valence-corrected chi connectivity index (χ3v) is 6.45. The van der Waals surface area contributed by atoms with E-state index in [0.29, 0.717) is 17.4 Å². The number of carbonyl (C=O) groups is 1. The van der Waals surface area contributed by atoms with Crippen molar-refractivity contribution in [2.24, 2.45) is 7.05 Å². The van der Waals surface area contributed by atoms with Crippen LogP contribution in [0, 0.1) is 6.92 Å². The van der Waals surface area contributed by atoms with Gasteiger partial charge in [0.05, 0.1) is 16.1 Å². The maximum Gasteiger partial charge on any atom is 0.264 e. The highest BCUT2D eigenvalue weighted by atomic mass is 35.5. The molecule has 1 aliphatic rings. The molecule has 0 spiro atoms. The second-order valence-electron chi connectivity index (χ2n) is 7.63. The summed E-state index contributed by atoms with van der Waals surface area (Å²) in [6.07, 6.45) is 3.94. The van der Waals surface area contributed by atoms with Gasteiger partial charge in [0.2, 0.25) is 0 Å². The Kier molecular flexibility index (Phi) is 6.41. The molecule has 6 nitrogen and oxygen atoms in total. The maximum absolute atomic E-state index is 12.9. The fourth-order valence-corrected chi connectivity index (χ4v) is 4.56. The van der Waals surface area contributed by atoms with Crippen molar-refractivity contribution in [2.45, 2.75) is 20.1 Å². The first-order chi connectivity index (χ1) is 14.5. The number of ether oxygens (including phenoxy) is 1. The van der Waals surface area contributed by atoms with Gasteiger partial charge in [0.1, 0.15) is 12.4 Å². The molecule has 0 atom stereocenters. The third kappa shape index (κ3) is 5.03. The Morgan fingerprint density at radius 1 is 1.20 bits per heavy atom. The van der Waals surface area contributed by atoms with Crippen molar-refractivity contribution in [1.82, 2.24) is 19.6 Å². The van der Waals surface area contributed by atoms with Crippen LogP contribution in [-0.4, -0.2) is 51.7 Å². The highest BCUT2D eigenvalue weighted by Crippen LogP contribution is 2.27. The number of hydrogen-bond acceptors (Lipinski definition) is 5. The highest BCUT2D eigenvalue weighted by molar-refractivity contribution is 7.12. The number of nitrogens with zero attached hydrogens (tertiary/aromatic N) is 4. The largest absolute Gasteiger partial charge is 0.487 e. The fourth-order valence-electron chi connectivity index (χ4n) is 3.52. The molecule has 0 N–H and O–H groups in total. The van der Waals surface area contributed by atoms with E-state index in [1.54, 1.807) is 0 Å². The normalized spacial score (nSPS) is 14.8. The van der Waals surface area contributed by atoms with Gasteiger partial charge in [-0.3, -0.25) is 14.4 Å². The fraction of sp³-hybridized carbons (Fsp3) is 0.364. The van der Waals surface area contributed by atoms with Crippen molar-refractivity contribution < 1.29 is 9.53 Å². The number of amides is 1. The monoisotopic (exact) mass is 444 g/mol. The first kappa shape index (κ1) is 20.9. The number of aryl methyl sites for hydroxylation is 2. The molecule has 30 heavy (non-hydrogen) atoms. The molecule has 1 aliphatic heterocycles. The van der Waals surface area contributed by atoms with Gasteiger partial charge in [0.15, 0.2) is 0 Å². The van der Waals surface area contributed by atoms with Crippen LogP contribution in [-0.2, 0) is 20.2 Å². The van der Waals surface area contributed by atoms with E-state index in [-0.39, 0.29) is 5.91 Å². The van der Waals surface area contributed by atoms with E-state index in [1.165, 1.54) is 16.9 Å². The molecule has 2 aromatic heterocycles. The van der Waals surface area contributed by atoms with Crippen LogP contribution in [0.4, 0.5) is 0 Å². The smallest absolute Gasteiger partial charge is 0.264 e. The molecule has 158 valence electrons. The van der Waals surface area contributed by atoms with Crippen LogP contribution >= 0.6 is 22.9 Å². The molecular formula is C22H25ClN4O2S. The lowest BCUT2D eigenvalue weighted by Crippen LogP contribution is -2.48. The van der Waals surface area contributed by atoms with Crippen molar-refractivity contribution in [2.75, 3.05) is 26.2 Å². The Hall–Kier alpha value is -2.35. The molecule has 8 heteroatoms. The van der Waals surface area contributed by atoms with Gasteiger partial charge in [-0.1, -0.05) is 17.7 Å². The van der Waals surface area contributed by atoms with Crippen LogP contribution in [0.3, 0.4) is 0 Å². The average Bonchev–Trinajstić information content (AvgIpc) is 3.38. The molecule has 1 aromatic carbocycles. The topological polar surface area (TPSA) is 50.6 Å². The number of piperazine rings is 1. The highest BCUT2D eigenvalue weighted by Gasteiger charge is 2.23. The van der Waals surface area contributed by atoms with Crippen LogP contribution in [0.25, 0.3) is 0 Å². The summed E-state index contributed by atoms with van der Waals surface area (Å²) in [5.41, 5.74) is 3.28. The van der Waals surface area contributed by atoms with E-state index in [9.17, 15) is 4.79 Å². The number of carbonyl (C=O) groups excluding carboxylic acids is 1. The molecule has 3 heterocycles. The zero-order valence-corrected chi connectivity index (χ0v) is 18.7. The minimum absolute atomic E-state index is 0.0980. The summed E-state index contributed by atoms with van der Waals surface area (Å²) in [6.45, 7) is 6.48. The molecule has 4 rings (SSSR count). The predicted octanol–water partition coefficient (Wildman–Crippen LogP) is 3.98. The standard InChI is InChI=1S/C22H25ClN4O2S/c1-16-3-4-19(23)20(9-16)29-14-17-10-21(30-15-17)22(28)27-7-5-26(6-8-27)13-18-11-24-25(2)12-18/h3-4,9-12,15H,5-8,13-14H2,1-2H3. The molecule has 1 amide bonds. The van der Waals surface area contributed by atoms with Crippen molar-refractivity contribution in [3.05, 3.63) is 68.6 Å². The summed E-state index contributed by atoms with van der Waals surface area (Å²) < 4.78 is 7.67. The first-order valence-corrected chi connectivity index (χ1v) is 11.2. The summed E-state index contributed by atoms with van der Waals surface area (Å²) >= 11 is 7.66. The van der Waals surface area contributed by atoms with Gasteiger partial charge in [0.25, 0.3) is 5.91 Å². The zero-order chi connectivity index (χ0) is 21.1. The van der Waals surface area contributed by atoms with Gasteiger partial charge in [0, 0.05) is 57.1 Å². The van der Waals surface area contributed by atoms with Gasteiger partial charge in [-0.15, -0.1) is 11.3 Å². The summed E-state index contributed by atoms with van der Waals surface area (Å²) in [4.78, 5) is 18.0. The Morgan fingerprint density at radius 2 is 2.00 bits per heavy atom. The quantitative estimate of drug-likeness (QED) is 0.577. The van der Waals surface area contributed by atoms with E-state index in [1.807, 2.05) is 65.6 Å². The van der Waals surface area contributed by atoms with Crippen molar-refractivity contribution >= 4 is 28.8 Å². The molecule has 0 bridgehead atoms. The summed E-state index contributed by atoms with van der Waals surface area (Å²) in [5, 5.41) is 6.80. The van der Waals surface area contributed by atoms with Crippen molar-refractivity contribution in [3.8, 4) is 5.75 Å². The van der Waals surface area contributed by atoms with Crippen molar-refractivity contribution in [3.63, 3.8) is 0 Å². The Morgan fingerprint density at radius 3 is 2.73 bits per heavy atom. The minimum Gasteiger partial charge on any atom is -0.487 e. The van der Waals surface area contributed by atoms with Crippen LogP contribution in [0.2, 0.25) is 5.02 Å². The zero-order valence-electron chi connectivity index (χ0n) is 17.2. The van der Waals surface area contributed by atoms with Crippen LogP contribution in [0.1, 0.15) is 26.4 Å². The Balaban J connectivity index is 1.29. The summed E-state index contributed by atoms with van der Waals surface area (Å²) in [6, 6.07) is 7.64. The summed E-state index contributed by atoms with van der Waals surface area (Å²) in [5.74, 6) is 0.765. The number of rotatable bonds is 6. The average molecular weight is 445 g/mol. The number of thiophene rings is 1. The van der Waals surface area contributed by atoms with Crippen LogP contribution < -0.4 is 4.74 Å². The van der Waals surface area contributed by atoms with Crippen LogP contribution in [0.5, 0.6) is 5.75 Å². The van der Waals surface area contributed by atoms with E-state index in [2.05, 4.69) is 10.00 Å². The van der Waals surface area contributed by atoms with E-state index >= 15 is 0 Å². The molecule has 3 aromatic rings. The second-order valence-corrected chi connectivity index (χ2v) is 8.95. The molecule has 1 fully saturated rings. The van der Waals surface area contributed by atoms with E-state index < -0.39 is 0 Å². The number of aromatic nitrogens is 2. The summed E-state index contributed by atoms with van der Waals surface area (Å²) in [7, 11) is 1.93. The predicted molar refractivity (Wildman–Crippen MR) is 119 cm³/mol. The number of halogens is 1. The second kappa shape index (κ2) is 9.20. The van der Waals surface area contributed by atoms with Gasteiger partial charge in [-0.05, 0) is 36.1 Å². The van der Waals surface area contributed by atoms with E-state index in [4.69, 9.17) is 16.3 Å². The molecule has 1 saturated heterocycles. The van der Waals surface area contributed by atoms with Gasteiger partial charge >= 0.3 is 0 Å². The van der Waals surface area contributed by atoms with E-state index in [0.717, 1.165) is 48.7 Å². The van der Waals surface area contributed by atoms with Gasteiger partial charge in [-0.2, -0.15) is 5.10 Å². The Labute approximate surface area is 185 Å². The van der Waals surface area contributed by atoms with Crippen molar-refractivity contribution in [1.29, 1.82) is 0 Å². The lowest BCUT2D eigenvalue weighted by atomic mass is 10.2. The lowest BCUT2D eigenvalue weighted by Gasteiger charge is -2.34. The SMILES string of the molecule is Cc1ccc(Cl)c(OCc2csc(C(=O)N3CCN(Cc4cnn(C)c4)CC3)c2)c1. The molecule has 0 aliphatic carbocycles. The number of benzene rings is 1. The maximum atomic E-state index is 12.9. The molecule has 0 saturated carbocycles. The van der Waals surface area contributed by atoms with Gasteiger partial charge < -0.3 is 9.64 Å². The first-order valence-electron chi connectivity index (χ1n) is 9.93. The third-order valence-electron chi connectivity index (χ3n) is 5.17. The molecule has 0 radical (unpaired) electrons. The molecular weight excluding hydrogens is 420 g/mol. The van der Waals surface area contributed by atoms with Crippen LogP contribution in [0.15, 0.2) is 42.0 Å². The minimum atomic E-state index is 0.0980. The Bertz CT molecular complexity index is 1020.